The number of carbonyl (C=O) groups is 6. The van der Waals surface area contributed by atoms with Gasteiger partial charge in [0.25, 0.3) is 5.91 Å². The van der Waals surface area contributed by atoms with Gasteiger partial charge in [0, 0.05) is 30.4 Å². The first-order chi connectivity index (χ1) is 21.0. The van der Waals surface area contributed by atoms with Crippen molar-refractivity contribution in [3.05, 3.63) is 35.4 Å². The van der Waals surface area contributed by atoms with Gasteiger partial charge in [-0.1, -0.05) is 50.1 Å². The third-order valence-electron chi connectivity index (χ3n) is 7.64. The number of ketones is 1. The number of nitrogens with one attached hydrogen (secondary N) is 6. The van der Waals surface area contributed by atoms with Crippen molar-refractivity contribution in [1.29, 1.82) is 0 Å². The standard InChI is InChI=1S/C31H46N6O6S/c1-5-32-30(42)28(40)21(15-20-12-10-19(4)11-13-20)35-29(41)22(14-18(2)3)34-26(39)16-33-25(38)9-7-6-8-24-27-23(17-44-24)36-31(43)37-27/h10-13,18,21-24,27H,5-9,14-17H2,1-4H3,(H,32,42)(H,33,38)(H,34,39)(H,35,41)(H2,36,37,43)/t21-,22-,23-,24?,27-/m0/s1. The zero-order chi connectivity index (χ0) is 32.2. The first kappa shape index (κ1) is 34.9. The molecular weight excluding hydrogens is 584 g/mol. The number of aryl methyl sites for hydroxylation is 1. The zero-order valence-corrected chi connectivity index (χ0v) is 26.8. The SMILES string of the molecule is CCNC(=O)C(=O)[C@H](Cc1ccc(C)cc1)NC(=O)[C@H](CC(C)C)NC(=O)CNC(=O)CCCCC1SC[C@@H]2NC(=O)N[C@H]12. The fourth-order valence-electron chi connectivity index (χ4n) is 5.34. The second-order valence-electron chi connectivity index (χ2n) is 11.9. The lowest BCUT2D eigenvalue weighted by atomic mass is 9.98. The third kappa shape index (κ3) is 10.8. The quantitative estimate of drug-likeness (QED) is 0.0849. The summed E-state index contributed by atoms with van der Waals surface area (Å²) in [4.78, 5) is 75.3. The molecule has 1 aromatic carbocycles. The van der Waals surface area contributed by atoms with Crippen LogP contribution in [0.3, 0.4) is 0 Å². The van der Waals surface area contributed by atoms with Crippen LogP contribution in [0.15, 0.2) is 24.3 Å². The van der Waals surface area contributed by atoms with Crippen LogP contribution in [0.5, 0.6) is 0 Å². The predicted molar refractivity (Wildman–Crippen MR) is 169 cm³/mol. The Balaban J connectivity index is 1.48. The highest BCUT2D eigenvalue weighted by atomic mass is 32.2. The Kier molecular flexibility index (Phi) is 13.5. The number of Topliss-reactive ketones (excluding diaryl/α,β-unsaturated/α-hetero) is 1. The summed E-state index contributed by atoms with van der Waals surface area (Å²) in [5.74, 6) is -1.99. The van der Waals surface area contributed by atoms with E-state index in [9.17, 15) is 28.8 Å². The van der Waals surface area contributed by atoms with E-state index in [4.69, 9.17) is 0 Å². The van der Waals surface area contributed by atoms with Gasteiger partial charge in [-0.2, -0.15) is 11.8 Å². The lowest BCUT2D eigenvalue weighted by molar-refractivity contribution is -0.140. The number of amides is 6. The normalized spacial score (nSPS) is 20.1. The summed E-state index contributed by atoms with van der Waals surface area (Å²) in [6.45, 7) is 7.42. The topological polar surface area (TPSA) is 175 Å². The Hall–Kier alpha value is -3.61. The van der Waals surface area contributed by atoms with E-state index in [2.05, 4.69) is 31.9 Å². The summed E-state index contributed by atoms with van der Waals surface area (Å²) in [5, 5.41) is 16.7. The minimum Gasteiger partial charge on any atom is -0.350 e. The van der Waals surface area contributed by atoms with Crippen molar-refractivity contribution in [2.75, 3.05) is 18.8 Å². The van der Waals surface area contributed by atoms with E-state index in [1.54, 1.807) is 6.92 Å². The Labute approximate surface area is 263 Å². The van der Waals surface area contributed by atoms with Crippen LogP contribution >= 0.6 is 11.8 Å². The molecule has 2 heterocycles. The van der Waals surface area contributed by atoms with Crippen LogP contribution in [0.25, 0.3) is 0 Å². The van der Waals surface area contributed by atoms with Crippen molar-refractivity contribution in [1.82, 2.24) is 31.9 Å². The van der Waals surface area contributed by atoms with E-state index < -0.39 is 35.6 Å². The summed E-state index contributed by atoms with van der Waals surface area (Å²) in [5.41, 5.74) is 1.81. The molecule has 6 amide bonds. The number of benzene rings is 1. The molecule has 1 aromatic rings. The average molecular weight is 631 g/mol. The fourth-order valence-corrected chi connectivity index (χ4v) is 6.88. The van der Waals surface area contributed by atoms with Gasteiger partial charge in [0.2, 0.25) is 23.5 Å². The Morgan fingerprint density at radius 3 is 2.36 bits per heavy atom. The molecule has 0 bridgehead atoms. The largest absolute Gasteiger partial charge is 0.350 e. The second-order valence-corrected chi connectivity index (χ2v) is 13.1. The van der Waals surface area contributed by atoms with Crippen molar-refractivity contribution >= 4 is 47.2 Å². The molecule has 0 saturated carbocycles. The first-order valence-electron chi connectivity index (χ1n) is 15.4. The number of hydrogen-bond acceptors (Lipinski definition) is 7. The minimum absolute atomic E-state index is 0.0388. The lowest BCUT2D eigenvalue weighted by Crippen LogP contribution is -2.55. The molecule has 12 nitrogen and oxygen atoms in total. The van der Waals surface area contributed by atoms with Gasteiger partial charge in [-0.3, -0.25) is 24.0 Å². The smallest absolute Gasteiger partial charge is 0.315 e. The van der Waals surface area contributed by atoms with E-state index in [1.165, 1.54) is 0 Å². The maximum atomic E-state index is 13.3. The van der Waals surface area contributed by atoms with E-state index >= 15 is 0 Å². The minimum atomic E-state index is -1.11. The number of fused-ring (bicyclic) bond motifs is 1. The van der Waals surface area contributed by atoms with Gasteiger partial charge in [0.05, 0.1) is 18.6 Å². The maximum absolute atomic E-state index is 13.3. The summed E-state index contributed by atoms with van der Waals surface area (Å²) in [7, 11) is 0. The second kappa shape index (κ2) is 17.0. The van der Waals surface area contributed by atoms with Gasteiger partial charge in [-0.25, -0.2) is 4.79 Å². The van der Waals surface area contributed by atoms with Gasteiger partial charge in [-0.15, -0.1) is 0 Å². The van der Waals surface area contributed by atoms with Gasteiger partial charge in [-0.05, 0) is 44.6 Å². The number of unbranched alkanes of at least 4 members (excludes halogenated alkanes) is 1. The van der Waals surface area contributed by atoms with Crippen LogP contribution in [-0.2, 0) is 30.4 Å². The molecule has 2 fully saturated rings. The molecule has 2 aliphatic heterocycles. The highest BCUT2D eigenvalue weighted by Crippen LogP contribution is 2.33. The predicted octanol–water partition coefficient (Wildman–Crippen LogP) is 1.10. The van der Waals surface area contributed by atoms with Gasteiger partial charge >= 0.3 is 6.03 Å². The molecule has 5 atom stereocenters. The average Bonchev–Trinajstić information content (AvgIpc) is 3.53. The van der Waals surface area contributed by atoms with Crippen molar-refractivity contribution in [2.24, 2.45) is 5.92 Å². The van der Waals surface area contributed by atoms with Crippen LogP contribution in [-0.4, -0.2) is 83.7 Å². The molecular formula is C31H46N6O6S. The number of carbonyl (C=O) groups excluding carboxylic acids is 6. The van der Waals surface area contributed by atoms with Crippen molar-refractivity contribution in [3.63, 3.8) is 0 Å². The van der Waals surface area contributed by atoms with E-state index in [0.717, 1.165) is 29.7 Å². The summed E-state index contributed by atoms with van der Waals surface area (Å²) < 4.78 is 0. The molecule has 0 aliphatic carbocycles. The van der Waals surface area contributed by atoms with E-state index in [0.29, 0.717) is 18.1 Å². The zero-order valence-electron chi connectivity index (χ0n) is 26.0. The van der Waals surface area contributed by atoms with Crippen molar-refractivity contribution in [3.8, 4) is 0 Å². The molecule has 6 N–H and O–H groups in total. The molecule has 0 spiro atoms. The highest BCUT2D eigenvalue weighted by molar-refractivity contribution is 8.00. The Morgan fingerprint density at radius 1 is 0.955 bits per heavy atom. The number of urea groups is 1. The van der Waals surface area contributed by atoms with E-state index in [-0.39, 0.29) is 55.9 Å². The van der Waals surface area contributed by atoms with Gasteiger partial charge in [0.1, 0.15) is 12.1 Å². The maximum Gasteiger partial charge on any atom is 0.315 e. The monoisotopic (exact) mass is 630 g/mol. The summed E-state index contributed by atoms with van der Waals surface area (Å²) in [6.07, 6.45) is 3.06. The van der Waals surface area contributed by atoms with Crippen molar-refractivity contribution < 1.29 is 28.8 Å². The number of likely N-dealkylation sites (N-methyl/N-ethyl adjacent to an activating group) is 1. The van der Waals surface area contributed by atoms with Crippen molar-refractivity contribution in [2.45, 2.75) is 95.6 Å². The Morgan fingerprint density at radius 2 is 1.68 bits per heavy atom. The molecule has 13 heteroatoms. The molecule has 1 unspecified atom stereocenters. The first-order valence-corrected chi connectivity index (χ1v) is 16.4. The lowest BCUT2D eigenvalue weighted by Gasteiger charge is -2.24. The van der Waals surface area contributed by atoms with E-state index in [1.807, 2.05) is 56.8 Å². The Bertz CT molecular complexity index is 1190. The highest BCUT2D eigenvalue weighted by Gasteiger charge is 2.42. The number of rotatable bonds is 17. The van der Waals surface area contributed by atoms with Crippen LogP contribution in [0.2, 0.25) is 0 Å². The fraction of sp³-hybridized carbons (Fsp3) is 0.613. The summed E-state index contributed by atoms with van der Waals surface area (Å²) in [6, 6.07) is 5.56. The van der Waals surface area contributed by atoms with Gasteiger partial charge in [0.15, 0.2) is 0 Å². The molecule has 0 radical (unpaired) electrons. The molecule has 0 aromatic heterocycles. The molecule has 2 aliphatic rings. The number of hydrogen-bond donors (Lipinski definition) is 6. The van der Waals surface area contributed by atoms with Crippen LogP contribution in [0, 0.1) is 12.8 Å². The van der Waals surface area contributed by atoms with Crippen LogP contribution in [0.1, 0.15) is 64.0 Å². The van der Waals surface area contributed by atoms with Crippen LogP contribution < -0.4 is 31.9 Å². The van der Waals surface area contributed by atoms with Crippen LogP contribution in [0.4, 0.5) is 4.79 Å². The third-order valence-corrected chi connectivity index (χ3v) is 9.15. The molecule has 242 valence electrons. The van der Waals surface area contributed by atoms with Gasteiger partial charge < -0.3 is 31.9 Å². The molecule has 3 rings (SSSR count). The molecule has 44 heavy (non-hydrogen) atoms. The summed E-state index contributed by atoms with van der Waals surface area (Å²) >= 11 is 1.83. The number of thioether (sulfide) groups is 1. The molecule has 2 saturated heterocycles.